The van der Waals surface area contributed by atoms with Crippen LogP contribution in [-0.4, -0.2) is 17.0 Å². The number of aryl methyl sites for hydroxylation is 1. The highest BCUT2D eigenvalue weighted by molar-refractivity contribution is 5.30. The highest BCUT2D eigenvalue weighted by atomic mass is 16.5. The van der Waals surface area contributed by atoms with Crippen molar-refractivity contribution in [1.29, 1.82) is 0 Å². The maximum Gasteiger partial charge on any atom is 0.222 e. The largest absolute Gasteiger partial charge is 0.439 e. The van der Waals surface area contributed by atoms with E-state index < -0.39 is 0 Å². The average Bonchev–Trinajstić information content (AvgIpc) is 2.42. The molecule has 0 aliphatic rings. The summed E-state index contributed by atoms with van der Waals surface area (Å²) in [6, 6.07) is 9.82. The highest BCUT2D eigenvalue weighted by Gasteiger charge is 2.00. The maximum absolute atomic E-state index is 5.68. The SMILES string of the molecule is CCc1cc(Oc2ccc(CNC)cc2)ncn1. The fraction of sp³-hybridized carbons (Fsp3) is 0.286. The first-order valence-corrected chi connectivity index (χ1v) is 6.04. The van der Waals surface area contributed by atoms with Crippen molar-refractivity contribution in [2.45, 2.75) is 19.9 Å². The molecule has 4 heteroatoms. The minimum atomic E-state index is 0.586. The van der Waals surface area contributed by atoms with Crippen molar-refractivity contribution >= 4 is 0 Å². The van der Waals surface area contributed by atoms with Crippen molar-refractivity contribution < 1.29 is 4.74 Å². The third-order valence-corrected chi connectivity index (χ3v) is 2.59. The van der Waals surface area contributed by atoms with Crippen molar-refractivity contribution in [3.05, 3.63) is 47.9 Å². The fourth-order valence-corrected chi connectivity index (χ4v) is 1.63. The first-order valence-electron chi connectivity index (χ1n) is 6.04. The van der Waals surface area contributed by atoms with Crippen LogP contribution in [0, 0.1) is 0 Å². The van der Waals surface area contributed by atoms with Crippen LogP contribution in [0.4, 0.5) is 0 Å². The van der Waals surface area contributed by atoms with Crippen molar-refractivity contribution in [3.8, 4) is 11.6 Å². The third-order valence-electron chi connectivity index (χ3n) is 2.59. The van der Waals surface area contributed by atoms with E-state index in [0.29, 0.717) is 5.88 Å². The summed E-state index contributed by atoms with van der Waals surface area (Å²) in [5.41, 5.74) is 2.20. The van der Waals surface area contributed by atoms with E-state index in [0.717, 1.165) is 24.4 Å². The Labute approximate surface area is 107 Å². The molecule has 1 aromatic heterocycles. The highest BCUT2D eigenvalue weighted by Crippen LogP contribution is 2.19. The normalized spacial score (nSPS) is 10.3. The second-order valence-corrected chi connectivity index (χ2v) is 3.98. The number of rotatable bonds is 5. The Kier molecular flexibility index (Phi) is 4.25. The molecule has 0 atom stereocenters. The Hall–Kier alpha value is -1.94. The summed E-state index contributed by atoms with van der Waals surface area (Å²) < 4.78 is 5.68. The van der Waals surface area contributed by atoms with E-state index in [1.807, 2.05) is 37.4 Å². The van der Waals surface area contributed by atoms with Gasteiger partial charge in [0.15, 0.2) is 0 Å². The number of aromatic nitrogens is 2. The Morgan fingerprint density at radius 1 is 1.17 bits per heavy atom. The Morgan fingerprint density at radius 3 is 2.61 bits per heavy atom. The molecule has 2 aromatic rings. The molecular weight excluding hydrogens is 226 g/mol. The van der Waals surface area contributed by atoms with E-state index in [2.05, 4.69) is 22.2 Å². The number of ether oxygens (including phenoxy) is 1. The van der Waals surface area contributed by atoms with Crippen LogP contribution in [0.1, 0.15) is 18.2 Å². The van der Waals surface area contributed by atoms with Gasteiger partial charge in [-0.2, -0.15) is 0 Å². The standard InChI is InChI=1S/C14H17N3O/c1-3-12-8-14(17-10-16-12)18-13-6-4-11(5-7-13)9-15-2/h4-8,10,15H,3,9H2,1-2H3. The zero-order valence-corrected chi connectivity index (χ0v) is 10.7. The summed E-state index contributed by atoms with van der Waals surface area (Å²) in [6.45, 7) is 2.91. The van der Waals surface area contributed by atoms with E-state index in [9.17, 15) is 0 Å². The summed E-state index contributed by atoms with van der Waals surface area (Å²) in [7, 11) is 1.93. The number of hydrogen-bond donors (Lipinski definition) is 1. The van der Waals surface area contributed by atoms with Crippen LogP contribution in [-0.2, 0) is 13.0 Å². The van der Waals surface area contributed by atoms with Gasteiger partial charge in [-0.3, -0.25) is 0 Å². The Bertz CT molecular complexity index is 497. The van der Waals surface area contributed by atoms with E-state index >= 15 is 0 Å². The molecule has 0 bridgehead atoms. The summed E-state index contributed by atoms with van der Waals surface area (Å²) in [5.74, 6) is 1.37. The van der Waals surface area contributed by atoms with Gasteiger partial charge < -0.3 is 10.1 Å². The molecule has 18 heavy (non-hydrogen) atoms. The molecule has 0 aliphatic heterocycles. The number of benzene rings is 1. The van der Waals surface area contributed by atoms with Gasteiger partial charge in [0.05, 0.1) is 0 Å². The maximum atomic E-state index is 5.68. The molecule has 94 valence electrons. The van der Waals surface area contributed by atoms with Crippen molar-refractivity contribution in [2.24, 2.45) is 0 Å². The predicted octanol–water partition coefficient (Wildman–Crippen LogP) is 2.55. The van der Waals surface area contributed by atoms with Crippen molar-refractivity contribution in [1.82, 2.24) is 15.3 Å². The van der Waals surface area contributed by atoms with Gasteiger partial charge in [0.1, 0.15) is 12.1 Å². The topological polar surface area (TPSA) is 47.0 Å². The third kappa shape index (κ3) is 3.28. The van der Waals surface area contributed by atoms with Gasteiger partial charge in [0.25, 0.3) is 0 Å². The molecule has 4 nitrogen and oxygen atoms in total. The van der Waals surface area contributed by atoms with Crippen LogP contribution in [0.3, 0.4) is 0 Å². The van der Waals surface area contributed by atoms with Gasteiger partial charge in [-0.25, -0.2) is 9.97 Å². The van der Waals surface area contributed by atoms with Crippen LogP contribution < -0.4 is 10.1 Å². The van der Waals surface area contributed by atoms with Crippen molar-refractivity contribution in [3.63, 3.8) is 0 Å². The molecule has 0 saturated carbocycles. The lowest BCUT2D eigenvalue weighted by molar-refractivity contribution is 0.460. The van der Waals surface area contributed by atoms with E-state index in [4.69, 9.17) is 4.74 Å². The molecule has 0 radical (unpaired) electrons. The van der Waals surface area contributed by atoms with Gasteiger partial charge in [0, 0.05) is 18.3 Å². The number of hydrogen-bond acceptors (Lipinski definition) is 4. The fourth-order valence-electron chi connectivity index (χ4n) is 1.63. The van der Waals surface area contributed by atoms with Crippen LogP contribution in [0.15, 0.2) is 36.7 Å². The monoisotopic (exact) mass is 243 g/mol. The summed E-state index contributed by atoms with van der Waals surface area (Å²) in [4.78, 5) is 8.23. The van der Waals surface area contributed by atoms with Crippen LogP contribution in [0.25, 0.3) is 0 Å². The van der Waals surface area contributed by atoms with Gasteiger partial charge in [0.2, 0.25) is 5.88 Å². The summed E-state index contributed by atoms with van der Waals surface area (Å²) in [6.07, 6.45) is 2.41. The molecule has 0 aliphatic carbocycles. The van der Waals surface area contributed by atoms with Crippen LogP contribution in [0.2, 0.25) is 0 Å². The van der Waals surface area contributed by atoms with Gasteiger partial charge in [-0.1, -0.05) is 19.1 Å². The quantitative estimate of drug-likeness (QED) is 0.876. The summed E-state index contributed by atoms with van der Waals surface area (Å²) >= 11 is 0. The summed E-state index contributed by atoms with van der Waals surface area (Å²) in [5, 5.41) is 3.11. The Morgan fingerprint density at radius 2 is 1.94 bits per heavy atom. The molecule has 1 heterocycles. The second-order valence-electron chi connectivity index (χ2n) is 3.98. The molecule has 0 amide bonds. The average molecular weight is 243 g/mol. The number of nitrogens with zero attached hydrogens (tertiary/aromatic N) is 2. The van der Waals surface area contributed by atoms with E-state index in [-0.39, 0.29) is 0 Å². The van der Waals surface area contributed by atoms with Gasteiger partial charge >= 0.3 is 0 Å². The first-order chi connectivity index (χ1) is 8.81. The Balaban J connectivity index is 2.08. The predicted molar refractivity (Wildman–Crippen MR) is 70.7 cm³/mol. The smallest absolute Gasteiger partial charge is 0.222 e. The molecule has 1 aromatic carbocycles. The molecule has 0 fully saturated rings. The van der Waals surface area contributed by atoms with Crippen LogP contribution >= 0.6 is 0 Å². The van der Waals surface area contributed by atoms with Gasteiger partial charge in [-0.15, -0.1) is 0 Å². The van der Waals surface area contributed by atoms with E-state index in [1.54, 1.807) is 0 Å². The molecule has 2 rings (SSSR count). The van der Waals surface area contributed by atoms with Crippen molar-refractivity contribution in [2.75, 3.05) is 7.05 Å². The number of nitrogens with one attached hydrogen (secondary N) is 1. The molecule has 0 spiro atoms. The zero-order chi connectivity index (χ0) is 12.8. The van der Waals surface area contributed by atoms with Gasteiger partial charge in [-0.05, 0) is 31.2 Å². The molecular formula is C14H17N3O. The molecule has 0 unspecified atom stereocenters. The zero-order valence-electron chi connectivity index (χ0n) is 10.7. The first kappa shape index (κ1) is 12.5. The minimum absolute atomic E-state index is 0.586. The second kappa shape index (κ2) is 6.12. The minimum Gasteiger partial charge on any atom is -0.439 e. The lowest BCUT2D eigenvalue weighted by Gasteiger charge is -2.06. The molecule has 1 N–H and O–H groups in total. The lowest BCUT2D eigenvalue weighted by Crippen LogP contribution is -2.04. The molecule has 0 saturated heterocycles. The lowest BCUT2D eigenvalue weighted by atomic mass is 10.2. The van der Waals surface area contributed by atoms with Crippen LogP contribution in [0.5, 0.6) is 11.6 Å². The van der Waals surface area contributed by atoms with E-state index in [1.165, 1.54) is 11.9 Å².